The molecule has 0 saturated carbocycles. The van der Waals surface area contributed by atoms with E-state index in [1.165, 1.54) is 0 Å². The fourth-order valence-electron chi connectivity index (χ4n) is 6.32. The standard InChI is InChI=1S/C24H32F6N2O5.C16H22O4.C8H10F6N2O2/c1-15-7-8-16(17(13-15)36-22(5,6)19(33)37-21(2,3)4)14-31-9-11-32(12-10-31)20(34)35-18(23(25,26)27)24(28,29)30;1-11-7-8-12(10-17)13(9-11)19-16(5,6)14(18)20-15(2,3)4;9-7(10,11)5(8(12,13)14)18-6(17)16-3-1-15-2-4-16/h7-8,13,18H,9-12,14H2,1-6H3;7-10H,1-6H3;5,15H,1-4H2. The predicted molar refractivity (Wildman–Crippen MR) is 245 cm³/mol. The van der Waals surface area contributed by atoms with E-state index in [-0.39, 0.29) is 52.4 Å². The van der Waals surface area contributed by atoms with E-state index in [1.807, 2.05) is 30.9 Å². The van der Waals surface area contributed by atoms with Gasteiger partial charge in [0.15, 0.2) is 17.5 Å². The first kappa shape index (κ1) is 65.4. The molecule has 2 aromatic rings. The lowest BCUT2D eigenvalue weighted by molar-refractivity contribution is -0.309. The molecule has 27 heteroatoms. The zero-order valence-corrected chi connectivity index (χ0v) is 43.4. The molecule has 2 fully saturated rings. The fraction of sp³-hybridized carbons (Fsp3) is 0.646. The highest BCUT2D eigenvalue weighted by atomic mass is 19.4. The third-order valence-corrected chi connectivity index (χ3v) is 10.1. The summed E-state index contributed by atoms with van der Waals surface area (Å²) < 4.78 is 179. The summed E-state index contributed by atoms with van der Waals surface area (Å²) in [5, 5.41) is 2.79. The first-order valence-electron chi connectivity index (χ1n) is 23.0. The van der Waals surface area contributed by atoms with E-state index in [0.717, 1.165) is 20.9 Å². The summed E-state index contributed by atoms with van der Waals surface area (Å²) in [6.07, 6.45) is -33.8. The topological polar surface area (TPSA) is 162 Å². The van der Waals surface area contributed by atoms with Crippen LogP contribution in [0.25, 0.3) is 0 Å². The van der Waals surface area contributed by atoms with Crippen molar-refractivity contribution < 1.29 is 105 Å². The second kappa shape index (κ2) is 25.4. The van der Waals surface area contributed by atoms with E-state index < -0.39 is 83.4 Å². The molecule has 0 unspecified atom stereocenters. The number of hydrogen-bond acceptors (Lipinski definition) is 13. The Hall–Kier alpha value is -5.73. The Kier molecular flexibility index (Phi) is 22.1. The van der Waals surface area contributed by atoms with Gasteiger partial charge < -0.3 is 43.5 Å². The molecule has 1 N–H and O–H groups in total. The van der Waals surface area contributed by atoms with Gasteiger partial charge in [-0.1, -0.05) is 18.2 Å². The van der Waals surface area contributed by atoms with Crippen LogP contribution in [-0.2, 0) is 35.1 Å². The summed E-state index contributed by atoms with van der Waals surface area (Å²) in [5.41, 5.74) is -0.850. The van der Waals surface area contributed by atoms with Gasteiger partial charge in [-0.05, 0) is 112 Å². The normalized spacial score (nSPS) is 15.4. The SMILES string of the molecule is Cc1ccc(C=O)c(OC(C)(C)C(=O)OC(C)(C)C)c1.Cc1ccc(CN2CCN(C(=O)OC(C(F)(F)F)C(F)(F)F)CC2)c(OC(C)(C)C(=O)OC(C)(C)C)c1.O=C(OC(C(F)(F)F)C(F)(F)F)N1CCNCC1. The van der Waals surface area contributed by atoms with Crippen LogP contribution in [0.3, 0.4) is 0 Å². The summed E-state index contributed by atoms with van der Waals surface area (Å²) in [5.74, 6) is -0.217. The average Bonchev–Trinajstić information content (AvgIpc) is 3.23. The van der Waals surface area contributed by atoms with Crippen LogP contribution in [0.15, 0.2) is 36.4 Å². The largest absolute Gasteiger partial charge is 0.476 e. The van der Waals surface area contributed by atoms with Crippen LogP contribution in [0.2, 0.25) is 0 Å². The van der Waals surface area contributed by atoms with Gasteiger partial charge in [-0.25, -0.2) is 19.2 Å². The van der Waals surface area contributed by atoms with Crippen LogP contribution in [0.5, 0.6) is 11.5 Å². The van der Waals surface area contributed by atoms with Crippen LogP contribution < -0.4 is 14.8 Å². The van der Waals surface area contributed by atoms with Crippen LogP contribution >= 0.6 is 0 Å². The molecule has 2 heterocycles. The summed E-state index contributed by atoms with van der Waals surface area (Å²) in [4.78, 5) is 62.4. The highest BCUT2D eigenvalue weighted by Gasteiger charge is 2.61. The Bertz CT molecular complexity index is 2210. The Balaban J connectivity index is 0.000000425. The molecular weight excluding hydrogens is 1040 g/mol. The Labute approximate surface area is 426 Å². The number of halogens is 12. The minimum atomic E-state index is -5.77. The maximum absolute atomic E-state index is 12.7. The van der Waals surface area contributed by atoms with Crippen molar-refractivity contribution in [1.29, 1.82) is 0 Å². The summed E-state index contributed by atoms with van der Waals surface area (Å²) in [7, 11) is 0. The van der Waals surface area contributed by atoms with Crippen molar-refractivity contribution in [3.05, 3.63) is 58.7 Å². The van der Waals surface area contributed by atoms with Crippen molar-refractivity contribution >= 4 is 30.4 Å². The quantitative estimate of drug-likeness (QED) is 0.0980. The van der Waals surface area contributed by atoms with Crippen LogP contribution in [0.1, 0.15) is 96.3 Å². The number of benzene rings is 2. The monoisotopic (exact) mass is 1100 g/mol. The zero-order valence-electron chi connectivity index (χ0n) is 43.4. The number of esters is 2. The van der Waals surface area contributed by atoms with E-state index in [9.17, 15) is 76.7 Å². The molecule has 426 valence electrons. The molecule has 2 saturated heterocycles. The molecule has 0 bridgehead atoms. The van der Waals surface area contributed by atoms with Gasteiger partial charge in [0.05, 0.1) is 5.56 Å². The zero-order chi connectivity index (χ0) is 57.9. The Morgan fingerprint density at radius 3 is 1.28 bits per heavy atom. The van der Waals surface area contributed by atoms with Crippen LogP contribution in [0, 0.1) is 13.8 Å². The molecule has 0 radical (unpaired) electrons. The highest BCUT2D eigenvalue weighted by Crippen LogP contribution is 2.38. The maximum Gasteiger partial charge on any atom is 0.434 e. The molecule has 0 atom stereocenters. The first-order valence-corrected chi connectivity index (χ1v) is 23.0. The van der Waals surface area contributed by atoms with Gasteiger partial charge in [0, 0.05) is 64.5 Å². The Morgan fingerprint density at radius 2 is 0.907 bits per heavy atom. The number of carbonyl (C=O) groups is 5. The van der Waals surface area contributed by atoms with Gasteiger partial charge >= 0.3 is 48.8 Å². The Morgan fingerprint density at radius 1 is 0.547 bits per heavy atom. The number of piperazine rings is 2. The second-order valence-electron chi connectivity index (χ2n) is 20.2. The lowest BCUT2D eigenvalue weighted by Crippen LogP contribution is -2.52. The van der Waals surface area contributed by atoms with Crippen LogP contribution in [0.4, 0.5) is 62.3 Å². The maximum atomic E-state index is 12.7. The van der Waals surface area contributed by atoms with Crippen molar-refractivity contribution in [3.8, 4) is 11.5 Å². The number of carbonyl (C=O) groups excluding carboxylic acids is 5. The molecule has 0 aromatic heterocycles. The summed E-state index contributed by atoms with van der Waals surface area (Å²) >= 11 is 0. The molecule has 0 aliphatic carbocycles. The lowest BCUT2D eigenvalue weighted by Gasteiger charge is -2.36. The van der Waals surface area contributed by atoms with Crippen molar-refractivity contribution in [1.82, 2.24) is 20.0 Å². The smallest absolute Gasteiger partial charge is 0.434 e. The van der Waals surface area contributed by atoms with E-state index >= 15 is 0 Å². The second-order valence-corrected chi connectivity index (χ2v) is 20.2. The number of hydrogen-bond donors (Lipinski definition) is 1. The number of nitrogens with one attached hydrogen (secondary N) is 1. The van der Waals surface area contributed by atoms with Crippen molar-refractivity contribution in [2.24, 2.45) is 0 Å². The van der Waals surface area contributed by atoms with Crippen molar-refractivity contribution in [3.63, 3.8) is 0 Å². The highest BCUT2D eigenvalue weighted by molar-refractivity contribution is 5.82. The fourth-order valence-corrected chi connectivity index (χ4v) is 6.32. The first-order chi connectivity index (χ1) is 33.9. The number of alkyl halides is 12. The molecule has 15 nitrogen and oxygen atoms in total. The summed E-state index contributed by atoms with van der Waals surface area (Å²) in [6.45, 7) is 21.7. The predicted octanol–water partition coefficient (Wildman–Crippen LogP) is 10.1. The molecule has 2 aliphatic rings. The van der Waals surface area contributed by atoms with Gasteiger partial charge in [0.25, 0.3) is 12.2 Å². The van der Waals surface area contributed by atoms with E-state index in [2.05, 4.69) is 14.8 Å². The van der Waals surface area contributed by atoms with Crippen molar-refractivity contribution in [2.45, 2.75) is 149 Å². The molecule has 2 amide bonds. The minimum absolute atomic E-state index is 0.00126. The molecule has 4 rings (SSSR count). The van der Waals surface area contributed by atoms with Gasteiger partial charge in [0.1, 0.15) is 22.7 Å². The van der Waals surface area contributed by atoms with E-state index in [0.29, 0.717) is 35.5 Å². The van der Waals surface area contributed by atoms with Crippen LogP contribution in [-0.4, -0.2) is 157 Å². The van der Waals surface area contributed by atoms with Gasteiger partial charge in [-0.3, -0.25) is 9.69 Å². The third kappa shape index (κ3) is 22.2. The number of aldehydes is 1. The minimum Gasteiger partial charge on any atom is -0.476 e. The van der Waals surface area contributed by atoms with E-state index in [4.69, 9.17) is 18.9 Å². The molecule has 0 spiro atoms. The number of nitrogens with zero attached hydrogens (tertiary/aromatic N) is 3. The molecular formula is C48H64F12N4O11. The summed E-state index contributed by atoms with van der Waals surface area (Å²) in [6, 6.07) is 10.6. The molecule has 2 aromatic carbocycles. The number of amides is 2. The number of rotatable bonds is 11. The van der Waals surface area contributed by atoms with E-state index in [1.54, 1.807) is 93.5 Å². The van der Waals surface area contributed by atoms with Gasteiger partial charge in [-0.2, -0.15) is 52.7 Å². The number of ether oxygens (including phenoxy) is 6. The van der Waals surface area contributed by atoms with Crippen molar-refractivity contribution in [2.75, 3.05) is 52.4 Å². The number of aryl methyl sites for hydroxylation is 2. The third-order valence-electron chi connectivity index (χ3n) is 10.1. The molecule has 2 aliphatic heterocycles. The average molecular weight is 1100 g/mol. The van der Waals surface area contributed by atoms with Gasteiger partial charge in [-0.15, -0.1) is 0 Å². The van der Waals surface area contributed by atoms with Gasteiger partial charge in [0.2, 0.25) is 0 Å². The lowest BCUT2D eigenvalue weighted by atomic mass is 10.1. The molecule has 75 heavy (non-hydrogen) atoms.